The van der Waals surface area contributed by atoms with Gasteiger partial charge in [0.1, 0.15) is 6.61 Å². The van der Waals surface area contributed by atoms with Gasteiger partial charge in [0, 0.05) is 31.1 Å². The Hall–Kier alpha value is -3.57. The molecule has 1 spiro atoms. The molecule has 4 aliphatic rings. The molecule has 1 heterocycles. The van der Waals surface area contributed by atoms with Crippen LogP contribution in [0.1, 0.15) is 177 Å². The number of nitrogens with zero attached hydrogens (tertiary/aromatic N) is 1. The number of aliphatic imine (C=N–C) groups is 1. The summed E-state index contributed by atoms with van der Waals surface area (Å²) in [5, 5.41) is 4.46. The number of hydrogen-bond acceptors (Lipinski definition) is 2. The minimum absolute atomic E-state index is 0. The standard InChI is InChI=1S/C55H66NOP.C8H12.BF4.Ir/c1-51(2,3)39-29-40(52(4,5)6)32-44(31-39)58(45-33-41(53(7,8)9)30-42(34-45)54(10,11)12)47-23-17-21-38-25-27-55(49(38)47)26-24-37-20-16-22-46(48(37)55)50-56-43(35-57-50)28-36-18-14-13-15-19-36;1-2-4-6-8-7-5-3-1;2-1(3,4)5;/h13-23,29-34,43H,24-28,35H2,1-12H3;1-2,7-8H,3-6H2;;/q;;-1;/t43-,55+;;;/m0.../s1. The topological polar surface area (TPSA) is 21.6 Å². The number of ether oxygens (including phenoxy) is 1. The predicted molar refractivity (Wildman–Crippen MR) is 296 cm³/mol. The Balaban J connectivity index is 0.000000531. The van der Waals surface area contributed by atoms with Crippen molar-refractivity contribution in [2.75, 3.05) is 6.61 Å². The number of fused-ring (bicyclic) bond motifs is 4. The number of benzene rings is 5. The average molecular weight is 1180 g/mol. The van der Waals surface area contributed by atoms with E-state index in [0.29, 0.717) is 6.61 Å². The van der Waals surface area contributed by atoms with Gasteiger partial charge in [0.05, 0.1) is 6.04 Å². The van der Waals surface area contributed by atoms with Crippen molar-refractivity contribution < 1.29 is 42.1 Å². The zero-order valence-electron chi connectivity index (χ0n) is 45.0. The first-order chi connectivity index (χ1) is 33.2. The molecule has 0 bridgehead atoms. The summed E-state index contributed by atoms with van der Waals surface area (Å²) in [6.45, 7) is 29.2. The molecule has 0 saturated heterocycles. The molecule has 5 aromatic carbocycles. The van der Waals surface area contributed by atoms with Crippen molar-refractivity contribution in [2.24, 2.45) is 4.99 Å². The maximum atomic E-state index is 9.75. The summed E-state index contributed by atoms with van der Waals surface area (Å²) in [5.74, 6) is 0.840. The summed E-state index contributed by atoms with van der Waals surface area (Å²) < 4.78 is 45.6. The second kappa shape index (κ2) is 23.1. The van der Waals surface area contributed by atoms with Gasteiger partial charge in [-0.25, -0.2) is 4.99 Å². The van der Waals surface area contributed by atoms with E-state index in [1.165, 1.54) is 91.7 Å². The van der Waals surface area contributed by atoms with Crippen LogP contribution in [-0.2, 0) is 71.2 Å². The number of rotatable bonds is 6. The fourth-order valence-electron chi connectivity index (χ4n) is 10.6. The van der Waals surface area contributed by atoms with E-state index in [9.17, 15) is 17.3 Å². The zero-order valence-corrected chi connectivity index (χ0v) is 48.3. The summed E-state index contributed by atoms with van der Waals surface area (Å²) in [5.41, 5.74) is 14.2. The van der Waals surface area contributed by atoms with Crippen molar-refractivity contribution in [3.63, 3.8) is 0 Å². The van der Waals surface area contributed by atoms with Crippen LogP contribution in [0.25, 0.3) is 0 Å². The van der Waals surface area contributed by atoms with Crippen LogP contribution in [0.5, 0.6) is 0 Å². The Kier molecular flexibility index (Phi) is 18.5. The molecule has 387 valence electrons. The van der Waals surface area contributed by atoms with E-state index in [0.717, 1.165) is 38.0 Å². The summed E-state index contributed by atoms with van der Waals surface area (Å²) in [7, 11) is -6.95. The first kappa shape index (κ1) is 57.7. The van der Waals surface area contributed by atoms with Crippen LogP contribution in [-0.4, -0.2) is 25.8 Å². The van der Waals surface area contributed by atoms with Crippen LogP contribution in [0.2, 0.25) is 0 Å². The van der Waals surface area contributed by atoms with E-state index in [2.05, 4.69) is 212 Å². The van der Waals surface area contributed by atoms with Crippen molar-refractivity contribution >= 4 is 37.0 Å². The van der Waals surface area contributed by atoms with Crippen molar-refractivity contribution in [2.45, 2.75) is 174 Å². The molecule has 0 N–H and O–H groups in total. The second-order valence-corrected chi connectivity index (χ2v) is 26.5. The Labute approximate surface area is 446 Å². The SMILES string of the molecule is CC(C)(C)c1cc(P(c2cc(C(C)(C)C)cc(C(C)(C)C)c2)c2cccc3c2[C@]2(CCc4cccc(C5=N[C@@H](Cc6ccccc6)CO5)c42)CC3)cc(C(C)(C)C)c1.F[B-](F)(F)F.[CH]1[CH]CC[CH][CH]CC1.[Ir]. The molecule has 5 radical (unpaired) electrons. The normalized spacial score (nSPS) is 19.1. The molecule has 2 atom stereocenters. The van der Waals surface area contributed by atoms with E-state index in [-0.39, 0.29) is 53.2 Å². The molecule has 3 aliphatic carbocycles. The van der Waals surface area contributed by atoms with Gasteiger partial charge in [0.25, 0.3) is 0 Å². The monoisotopic (exact) mass is 1180 g/mol. The van der Waals surface area contributed by atoms with Crippen LogP contribution < -0.4 is 15.9 Å². The molecular formula is C63H78BF4IrNOP-. The van der Waals surface area contributed by atoms with E-state index < -0.39 is 15.2 Å². The summed E-state index contributed by atoms with van der Waals surface area (Å²) in [6.07, 6.45) is 19.3. The smallest absolute Gasteiger partial charge is 0.475 e. The Morgan fingerprint density at radius 2 is 0.972 bits per heavy atom. The third-order valence-corrected chi connectivity index (χ3v) is 16.9. The fourth-order valence-corrected chi connectivity index (χ4v) is 13.3. The third kappa shape index (κ3) is 14.2. The van der Waals surface area contributed by atoms with Crippen molar-refractivity contribution in [1.29, 1.82) is 0 Å². The molecule has 0 aromatic heterocycles. The van der Waals surface area contributed by atoms with Crippen LogP contribution >= 0.6 is 7.92 Å². The Morgan fingerprint density at radius 1 is 0.556 bits per heavy atom. The molecule has 9 heteroatoms. The van der Waals surface area contributed by atoms with Gasteiger partial charge in [-0.15, -0.1) is 0 Å². The van der Waals surface area contributed by atoms with Gasteiger partial charge < -0.3 is 22.0 Å². The number of halogens is 4. The van der Waals surface area contributed by atoms with Gasteiger partial charge in [-0.05, 0) is 185 Å². The quantitative estimate of drug-likeness (QED) is 0.0943. The van der Waals surface area contributed by atoms with Crippen LogP contribution in [0.15, 0.2) is 108 Å². The Morgan fingerprint density at radius 3 is 1.40 bits per heavy atom. The van der Waals surface area contributed by atoms with E-state index in [4.69, 9.17) is 9.73 Å². The third-order valence-electron chi connectivity index (χ3n) is 14.5. The van der Waals surface area contributed by atoms with Gasteiger partial charge in [0.2, 0.25) is 5.90 Å². The largest absolute Gasteiger partial charge is 0.673 e. The molecule has 1 saturated carbocycles. The average Bonchev–Trinajstić information content (AvgIpc) is 4.00. The van der Waals surface area contributed by atoms with E-state index in [1.807, 2.05) is 0 Å². The molecule has 5 aromatic rings. The minimum Gasteiger partial charge on any atom is -0.475 e. The van der Waals surface area contributed by atoms with E-state index >= 15 is 0 Å². The Bertz CT molecular complexity index is 2480. The summed E-state index contributed by atoms with van der Waals surface area (Å²) in [6, 6.07) is 40.5. The fraction of sp³-hybridized carbons (Fsp3) is 0.444. The number of aryl methyl sites for hydroxylation is 2. The van der Waals surface area contributed by atoms with Gasteiger partial charge in [-0.3, -0.25) is 0 Å². The predicted octanol–water partition coefficient (Wildman–Crippen LogP) is 15.9. The molecule has 0 unspecified atom stereocenters. The van der Waals surface area contributed by atoms with Gasteiger partial charge in [0.15, 0.2) is 0 Å². The first-order valence-corrected chi connectivity index (χ1v) is 27.4. The molecule has 1 fully saturated rings. The maximum Gasteiger partial charge on any atom is 0.673 e. The number of hydrogen-bond donors (Lipinski definition) is 0. The van der Waals surface area contributed by atoms with Gasteiger partial charge in [-0.1, -0.05) is 180 Å². The molecule has 9 rings (SSSR count). The molecule has 0 amide bonds. The molecular weight excluding hydrogens is 1100 g/mol. The first-order valence-electron chi connectivity index (χ1n) is 26.0. The molecule has 2 nitrogen and oxygen atoms in total. The maximum absolute atomic E-state index is 9.75. The van der Waals surface area contributed by atoms with Crippen molar-refractivity contribution in [3.05, 3.63) is 184 Å². The summed E-state index contributed by atoms with van der Waals surface area (Å²) in [4.78, 5) is 5.32. The van der Waals surface area contributed by atoms with Gasteiger partial charge in [-0.2, -0.15) is 0 Å². The van der Waals surface area contributed by atoms with E-state index in [1.54, 1.807) is 5.56 Å². The zero-order chi connectivity index (χ0) is 51.6. The van der Waals surface area contributed by atoms with Crippen LogP contribution in [0, 0.1) is 25.7 Å². The molecule has 1 aliphatic heterocycles. The van der Waals surface area contributed by atoms with Crippen LogP contribution in [0.3, 0.4) is 0 Å². The second-order valence-electron chi connectivity index (χ2n) is 24.3. The molecule has 72 heavy (non-hydrogen) atoms. The van der Waals surface area contributed by atoms with Gasteiger partial charge >= 0.3 is 7.25 Å². The van der Waals surface area contributed by atoms with Crippen molar-refractivity contribution in [1.82, 2.24) is 0 Å². The van der Waals surface area contributed by atoms with Crippen molar-refractivity contribution in [3.8, 4) is 0 Å². The summed E-state index contributed by atoms with van der Waals surface area (Å²) >= 11 is 0. The minimum atomic E-state index is -6.00. The van der Waals surface area contributed by atoms with Crippen LogP contribution in [0.4, 0.5) is 17.3 Å².